The molecule has 9 nitrogen and oxygen atoms in total. The molecule has 0 aromatic heterocycles. The molecule has 0 bridgehead atoms. The first-order valence-corrected chi connectivity index (χ1v) is 11.9. The van der Waals surface area contributed by atoms with Gasteiger partial charge in [-0.15, -0.1) is 0 Å². The topological polar surface area (TPSA) is 107 Å². The average molecular weight is 479 g/mol. The van der Waals surface area contributed by atoms with Gasteiger partial charge in [0.05, 0.1) is 11.5 Å². The number of fused-ring (bicyclic) bond motifs is 1. The number of hydrogen-bond acceptors (Lipinski definition) is 9. The van der Waals surface area contributed by atoms with Crippen LogP contribution in [0.2, 0.25) is 0 Å². The molecular formula is C23H26O9S. The smallest absolute Gasteiger partial charge is 0.303 e. The maximum atomic E-state index is 13.0. The van der Waals surface area contributed by atoms with Crippen LogP contribution in [-0.4, -0.2) is 58.8 Å². The summed E-state index contributed by atoms with van der Waals surface area (Å²) in [6.45, 7) is 3.20. The summed E-state index contributed by atoms with van der Waals surface area (Å²) >= 11 is 0. The number of carbonyl (C=O) groups excluding carboxylic acids is 1. The second-order valence-electron chi connectivity index (χ2n) is 7.86. The number of rotatable bonds is 6. The van der Waals surface area contributed by atoms with Gasteiger partial charge in [0, 0.05) is 19.6 Å². The van der Waals surface area contributed by atoms with Crippen LogP contribution in [0, 0.1) is 6.92 Å². The minimum Gasteiger partial charge on any atom is -0.457 e. The molecule has 0 aliphatic carbocycles. The minimum atomic E-state index is -4.23. The molecule has 0 amide bonds. The normalized spacial score (nSPS) is 29.8. The van der Waals surface area contributed by atoms with Crippen molar-refractivity contribution in [2.45, 2.75) is 55.7 Å². The number of hydrogen-bond donors (Lipinski definition) is 0. The molecule has 178 valence electrons. The summed E-state index contributed by atoms with van der Waals surface area (Å²) in [6, 6.07) is 15.4. The molecule has 2 aromatic carbocycles. The highest BCUT2D eigenvalue weighted by Crippen LogP contribution is 2.37. The average Bonchev–Trinajstić information content (AvgIpc) is 2.80. The predicted molar refractivity (Wildman–Crippen MR) is 114 cm³/mol. The summed E-state index contributed by atoms with van der Waals surface area (Å²) in [6.07, 6.45) is -5.83. The molecule has 0 unspecified atom stereocenters. The molecule has 2 fully saturated rings. The third-order valence-electron chi connectivity index (χ3n) is 5.44. The lowest BCUT2D eigenvalue weighted by Crippen LogP contribution is -2.64. The fraction of sp³-hybridized carbons (Fsp3) is 0.435. The van der Waals surface area contributed by atoms with Gasteiger partial charge >= 0.3 is 5.97 Å². The van der Waals surface area contributed by atoms with Crippen LogP contribution in [0.4, 0.5) is 0 Å². The molecule has 2 aromatic rings. The summed E-state index contributed by atoms with van der Waals surface area (Å²) in [7, 11) is -2.88. The van der Waals surface area contributed by atoms with Gasteiger partial charge in [0.1, 0.15) is 12.2 Å². The highest BCUT2D eigenvalue weighted by molar-refractivity contribution is 7.86. The van der Waals surface area contributed by atoms with Gasteiger partial charge in [-0.1, -0.05) is 48.0 Å². The van der Waals surface area contributed by atoms with Crippen LogP contribution in [0.1, 0.15) is 24.3 Å². The van der Waals surface area contributed by atoms with Crippen LogP contribution in [0.15, 0.2) is 59.5 Å². The number of esters is 1. The van der Waals surface area contributed by atoms with E-state index in [0.29, 0.717) is 0 Å². The Bertz CT molecular complexity index is 1060. The van der Waals surface area contributed by atoms with Gasteiger partial charge in [-0.05, 0) is 19.1 Å². The van der Waals surface area contributed by atoms with Crippen LogP contribution in [0.5, 0.6) is 0 Å². The molecule has 2 aliphatic heterocycles. The van der Waals surface area contributed by atoms with E-state index in [9.17, 15) is 13.2 Å². The summed E-state index contributed by atoms with van der Waals surface area (Å²) in [4.78, 5) is 11.9. The Hall–Kier alpha value is -2.34. The largest absolute Gasteiger partial charge is 0.457 e. The molecule has 2 heterocycles. The fourth-order valence-corrected chi connectivity index (χ4v) is 4.92. The van der Waals surface area contributed by atoms with E-state index in [1.165, 1.54) is 26.2 Å². The van der Waals surface area contributed by atoms with Gasteiger partial charge in [-0.2, -0.15) is 8.42 Å². The number of methoxy groups -OCH3 is 1. The van der Waals surface area contributed by atoms with Crippen molar-refractivity contribution in [2.75, 3.05) is 13.7 Å². The van der Waals surface area contributed by atoms with E-state index in [1.54, 1.807) is 12.1 Å². The number of carbonyl (C=O) groups is 1. The standard InChI is InChI=1S/C23H26O9S/c1-14-9-11-17(12-10-14)33(25,26)32-21-20(29-15(2)24)19-18(30-23(21)27-3)13-28-22(31-19)16-7-5-4-6-8-16/h4-12,18-23H,13H2,1-3H3/t18-,19-,20+,21-,22+,23+/m1/s1. The van der Waals surface area contributed by atoms with Crippen LogP contribution in [0.3, 0.4) is 0 Å². The number of ether oxygens (including phenoxy) is 5. The van der Waals surface area contributed by atoms with Crippen molar-refractivity contribution >= 4 is 16.1 Å². The molecule has 0 radical (unpaired) electrons. The monoisotopic (exact) mass is 478 g/mol. The number of benzene rings is 2. The van der Waals surface area contributed by atoms with E-state index in [4.69, 9.17) is 27.9 Å². The van der Waals surface area contributed by atoms with Crippen LogP contribution < -0.4 is 0 Å². The lowest BCUT2D eigenvalue weighted by molar-refractivity contribution is -0.355. The van der Waals surface area contributed by atoms with E-state index in [-0.39, 0.29) is 11.5 Å². The Morgan fingerprint density at radius 3 is 2.33 bits per heavy atom. The summed E-state index contributed by atoms with van der Waals surface area (Å²) in [5.74, 6) is -0.622. The third-order valence-corrected chi connectivity index (χ3v) is 6.76. The second-order valence-corrected chi connectivity index (χ2v) is 9.43. The molecule has 4 rings (SSSR count). The lowest BCUT2D eigenvalue weighted by Gasteiger charge is -2.47. The number of aryl methyl sites for hydroxylation is 1. The van der Waals surface area contributed by atoms with Crippen molar-refractivity contribution < 1.29 is 41.1 Å². The Morgan fingerprint density at radius 1 is 1.00 bits per heavy atom. The van der Waals surface area contributed by atoms with Gasteiger partial charge in [0.2, 0.25) is 0 Å². The Balaban J connectivity index is 1.64. The van der Waals surface area contributed by atoms with Crippen molar-refractivity contribution in [1.29, 1.82) is 0 Å². The predicted octanol–water partition coefficient (Wildman–Crippen LogP) is 2.49. The van der Waals surface area contributed by atoms with Gasteiger partial charge in [0.15, 0.2) is 24.8 Å². The third kappa shape index (κ3) is 5.26. The van der Waals surface area contributed by atoms with E-state index in [1.807, 2.05) is 37.3 Å². The zero-order chi connectivity index (χ0) is 23.6. The highest BCUT2D eigenvalue weighted by Gasteiger charge is 2.54. The molecule has 10 heteroatoms. The Kier molecular flexibility index (Phi) is 7.13. The quantitative estimate of drug-likeness (QED) is 0.457. The maximum Gasteiger partial charge on any atom is 0.303 e. The second kappa shape index (κ2) is 9.88. The lowest BCUT2D eigenvalue weighted by atomic mass is 9.97. The highest BCUT2D eigenvalue weighted by atomic mass is 32.2. The molecule has 2 saturated heterocycles. The summed E-state index contributed by atoms with van der Waals surface area (Å²) in [5, 5.41) is 0. The molecule has 0 spiro atoms. The fourth-order valence-electron chi connectivity index (χ4n) is 3.85. The van der Waals surface area contributed by atoms with Crippen molar-refractivity contribution in [3.8, 4) is 0 Å². The van der Waals surface area contributed by atoms with Crippen molar-refractivity contribution in [3.63, 3.8) is 0 Å². The zero-order valence-electron chi connectivity index (χ0n) is 18.4. The van der Waals surface area contributed by atoms with Gasteiger partial charge < -0.3 is 23.7 Å². The molecule has 6 atom stereocenters. The minimum absolute atomic E-state index is 0.0401. The van der Waals surface area contributed by atoms with E-state index in [0.717, 1.165) is 11.1 Å². The first-order chi connectivity index (χ1) is 15.8. The van der Waals surface area contributed by atoms with Crippen molar-refractivity contribution in [1.82, 2.24) is 0 Å². The van der Waals surface area contributed by atoms with Crippen LogP contribution >= 0.6 is 0 Å². The SMILES string of the molecule is CO[C@H]1O[C@@H]2CO[C@H](c3ccccc3)O[C@H]2[C@H](OC(C)=O)[C@H]1OS(=O)(=O)c1ccc(C)cc1. The first kappa shape index (κ1) is 23.8. The van der Waals surface area contributed by atoms with Gasteiger partial charge in [0.25, 0.3) is 10.1 Å². The molecular weight excluding hydrogens is 452 g/mol. The van der Waals surface area contributed by atoms with Crippen LogP contribution in [0.25, 0.3) is 0 Å². The Labute approximate surface area is 192 Å². The van der Waals surface area contributed by atoms with E-state index < -0.39 is 53.1 Å². The van der Waals surface area contributed by atoms with Crippen molar-refractivity contribution in [3.05, 3.63) is 65.7 Å². The molecule has 0 saturated carbocycles. The van der Waals surface area contributed by atoms with Gasteiger partial charge in [-0.25, -0.2) is 0 Å². The van der Waals surface area contributed by atoms with Gasteiger partial charge in [-0.3, -0.25) is 8.98 Å². The molecule has 2 aliphatic rings. The summed E-state index contributed by atoms with van der Waals surface area (Å²) in [5.41, 5.74) is 1.66. The van der Waals surface area contributed by atoms with Crippen molar-refractivity contribution in [2.24, 2.45) is 0 Å². The first-order valence-electron chi connectivity index (χ1n) is 10.5. The van der Waals surface area contributed by atoms with E-state index in [2.05, 4.69) is 0 Å². The zero-order valence-corrected chi connectivity index (χ0v) is 19.3. The summed E-state index contributed by atoms with van der Waals surface area (Å²) < 4.78 is 60.2. The maximum absolute atomic E-state index is 13.0. The Morgan fingerprint density at radius 2 is 1.70 bits per heavy atom. The molecule has 0 N–H and O–H groups in total. The molecule has 33 heavy (non-hydrogen) atoms. The van der Waals surface area contributed by atoms with Crippen LogP contribution in [-0.2, 0) is 42.8 Å². The van der Waals surface area contributed by atoms with E-state index >= 15 is 0 Å².